The molecule has 1 amide bonds. The Labute approximate surface area is 103 Å². The van der Waals surface area contributed by atoms with Crippen molar-refractivity contribution in [2.45, 2.75) is 39.3 Å². The van der Waals surface area contributed by atoms with Crippen LogP contribution >= 0.6 is 0 Å². The third-order valence-corrected chi connectivity index (χ3v) is 2.79. The van der Waals surface area contributed by atoms with E-state index in [4.69, 9.17) is 5.73 Å². The molecule has 1 unspecified atom stereocenters. The molecule has 3 nitrogen and oxygen atoms in total. The molecule has 0 fully saturated rings. The van der Waals surface area contributed by atoms with Crippen LogP contribution in [0.2, 0.25) is 0 Å². The fourth-order valence-electron chi connectivity index (χ4n) is 1.66. The van der Waals surface area contributed by atoms with Crippen molar-refractivity contribution in [2.24, 2.45) is 11.7 Å². The van der Waals surface area contributed by atoms with Gasteiger partial charge in [0.2, 0.25) is 5.91 Å². The maximum atomic E-state index is 11.7. The second kappa shape index (κ2) is 6.40. The number of carbonyl (C=O) groups is 1. The zero-order valence-corrected chi connectivity index (χ0v) is 10.8. The molecule has 0 aliphatic carbocycles. The molecular weight excluding hydrogens is 212 g/mol. The standard InChI is InChI=1S/C14H22N2O/c1-10(2)13(15)14(17)16-11(3)9-12-7-5-4-6-8-12/h4-8,10-11,13H,9,15H2,1-3H3,(H,16,17)/t11?,13-/m1/s1. The average molecular weight is 234 g/mol. The van der Waals surface area contributed by atoms with E-state index in [0.717, 1.165) is 6.42 Å². The predicted molar refractivity (Wildman–Crippen MR) is 70.6 cm³/mol. The minimum Gasteiger partial charge on any atom is -0.352 e. The summed E-state index contributed by atoms with van der Waals surface area (Å²) >= 11 is 0. The van der Waals surface area contributed by atoms with Crippen LogP contribution < -0.4 is 11.1 Å². The molecule has 0 aliphatic rings. The van der Waals surface area contributed by atoms with Crippen molar-refractivity contribution in [3.63, 3.8) is 0 Å². The summed E-state index contributed by atoms with van der Waals surface area (Å²) in [6.45, 7) is 5.90. The van der Waals surface area contributed by atoms with E-state index in [9.17, 15) is 4.79 Å². The molecule has 0 saturated heterocycles. The normalized spacial score (nSPS) is 14.4. The lowest BCUT2D eigenvalue weighted by Gasteiger charge is -2.19. The molecule has 0 spiro atoms. The maximum Gasteiger partial charge on any atom is 0.237 e. The molecule has 1 aromatic rings. The van der Waals surface area contributed by atoms with E-state index in [0.29, 0.717) is 0 Å². The molecule has 2 atom stereocenters. The molecule has 1 aromatic carbocycles. The van der Waals surface area contributed by atoms with E-state index < -0.39 is 6.04 Å². The topological polar surface area (TPSA) is 55.1 Å². The Bertz CT molecular complexity index is 348. The third-order valence-electron chi connectivity index (χ3n) is 2.79. The molecule has 3 N–H and O–H groups in total. The summed E-state index contributed by atoms with van der Waals surface area (Å²) in [5, 5.41) is 2.95. The maximum absolute atomic E-state index is 11.7. The van der Waals surface area contributed by atoms with Crippen molar-refractivity contribution < 1.29 is 4.79 Å². The van der Waals surface area contributed by atoms with Gasteiger partial charge in [-0.25, -0.2) is 0 Å². The zero-order chi connectivity index (χ0) is 12.8. The number of hydrogen-bond acceptors (Lipinski definition) is 2. The Morgan fingerprint density at radius 2 is 1.82 bits per heavy atom. The Balaban J connectivity index is 2.45. The van der Waals surface area contributed by atoms with E-state index in [-0.39, 0.29) is 17.9 Å². The van der Waals surface area contributed by atoms with E-state index in [1.165, 1.54) is 5.56 Å². The highest BCUT2D eigenvalue weighted by molar-refractivity contribution is 5.81. The predicted octanol–water partition coefficient (Wildman–Crippen LogP) is 1.72. The first kappa shape index (κ1) is 13.7. The Morgan fingerprint density at radius 3 is 2.35 bits per heavy atom. The Hall–Kier alpha value is -1.35. The first-order valence-corrected chi connectivity index (χ1v) is 6.10. The summed E-state index contributed by atoms with van der Waals surface area (Å²) in [6.07, 6.45) is 0.831. The van der Waals surface area contributed by atoms with Crippen LogP contribution in [0.5, 0.6) is 0 Å². The molecule has 17 heavy (non-hydrogen) atoms. The van der Waals surface area contributed by atoms with Crippen LogP contribution in [0.15, 0.2) is 30.3 Å². The number of benzene rings is 1. The molecule has 0 bridgehead atoms. The van der Waals surface area contributed by atoms with Crippen molar-refractivity contribution in [3.05, 3.63) is 35.9 Å². The lowest BCUT2D eigenvalue weighted by atomic mass is 10.0. The lowest BCUT2D eigenvalue weighted by molar-refractivity contribution is -0.123. The Kier molecular flexibility index (Phi) is 5.16. The summed E-state index contributed by atoms with van der Waals surface area (Å²) in [7, 11) is 0. The summed E-state index contributed by atoms with van der Waals surface area (Å²) < 4.78 is 0. The first-order chi connectivity index (χ1) is 8.00. The van der Waals surface area contributed by atoms with Gasteiger partial charge in [-0.05, 0) is 24.8 Å². The number of carbonyl (C=O) groups excluding carboxylic acids is 1. The quantitative estimate of drug-likeness (QED) is 0.815. The van der Waals surface area contributed by atoms with Gasteiger partial charge in [0.15, 0.2) is 0 Å². The van der Waals surface area contributed by atoms with Crippen LogP contribution in [-0.2, 0) is 11.2 Å². The van der Waals surface area contributed by atoms with Crippen molar-refractivity contribution in [2.75, 3.05) is 0 Å². The fourth-order valence-corrected chi connectivity index (χ4v) is 1.66. The van der Waals surface area contributed by atoms with Crippen LogP contribution in [-0.4, -0.2) is 18.0 Å². The van der Waals surface area contributed by atoms with Crippen LogP contribution in [0.25, 0.3) is 0 Å². The SMILES string of the molecule is CC(Cc1ccccc1)NC(=O)[C@H](N)C(C)C. The summed E-state index contributed by atoms with van der Waals surface area (Å²) in [5.74, 6) is 0.0994. The highest BCUT2D eigenvalue weighted by Gasteiger charge is 2.18. The van der Waals surface area contributed by atoms with Crippen LogP contribution in [0.4, 0.5) is 0 Å². The van der Waals surface area contributed by atoms with Gasteiger partial charge in [-0.2, -0.15) is 0 Å². The number of hydrogen-bond donors (Lipinski definition) is 2. The summed E-state index contributed by atoms with van der Waals surface area (Å²) in [4.78, 5) is 11.7. The molecule has 0 heterocycles. The van der Waals surface area contributed by atoms with Crippen molar-refractivity contribution in [3.8, 4) is 0 Å². The average Bonchev–Trinajstić information content (AvgIpc) is 2.28. The van der Waals surface area contributed by atoms with Gasteiger partial charge < -0.3 is 11.1 Å². The third kappa shape index (κ3) is 4.57. The zero-order valence-electron chi connectivity index (χ0n) is 10.8. The van der Waals surface area contributed by atoms with Crippen molar-refractivity contribution in [1.29, 1.82) is 0 Å². The minimum absolute atomic E-state index is 0.0663. The van der Waals surface area contributed by atoms with Gasteiger partial charge in [0.05, 0.1) is 6.04 Å². The monoisotopic (exact) mass is 234 g/mol. The van der Waals surface area contributed by atoms with Gasteiger partial charge >= 0.3 is 0 Å². The van der Waals surface area contributed by atoms with Crippen LogP contribution in [0.3, 0.4) is 0 Å². The van der Waals surface area contributed by atoms with Gasteiger partial charge in [0.25, 0.3) is 0 Å². The molecule has 3 heteroatoms. The summed E-state index contributed by atoms with van der Waals surface area (Å²) in [5.41, 5.74) is 7.01. The van der Waals surface area contributed by atoms with Gasteiger partial charge in [-0.1, -0.05) is 44.2 Å². The van der Waals surface area contributed by atoms with Crippen LogP contribution in [0.1, 0.15) is 26.3 Å². The number of nitrogens with one attached hydrogen (secondary N) is 1. The fraction of sp³-hybridized carbons (Fsp3) is 0.500. The van der Waals surface area contributed by atoms with Crippen molar-refractivity contribution >= 4 is 5.91 Å². The van der Waals surface area contributed by atoms with Gasteiger partial charge in [0, 0.05) is 6.04 Å². The van der Waals surface area contributed by atoms with Gasteiger partial charge in [-0.15, -0.1) is 0 Å². The molecule has 0 saturated carbocycles. The first-order valence-electron chi connectivity index (χ1n) is 6.10. The molecule has 0 aliphatic heterocycles. The molecule has 0 aromatic heterocycles. The molecule has 94 valence electrons. The second-order valence-corrected chi connectivity index (χ2v) is 4.87. The number of rotatable bonds is 5. The molecule has 0 radical (unpaired) electrons. The Morgan fingerprint density at radius 1 is 1.24 bits per heavy atom. The summed E-state index contributed by atoms with van der Waals surface area (Å²) in [6, 6.07) is 9.80. The van der Waals surface area contributed by atoms with Crippen LogP contribution in [0, 0.1) is 5.92 Å². The largest absolute Gasteiger partial charge is 0.352 e. The number of amides is 1. The van der Waals surface area contributed by atoms with Gasteiger partial charge in [-0.3, -0.25) is 4.79 Å². The lowest BCUT2D eigenvalue weighted by Crippen LogP contribution is -2.47. The molecule has 1 rings (SSSR count). The van der Waals surface area contributed by atoms with Gasteiger partial charge in [0.1, 0.15) is 0 Å². The number of nitrogens with two attached hydrogens (primary N) is 1. The van der Waals surface area contributed by atoms with E-state index >= 15 is 0 Å². The van der Waals surface area contributed by atoms with E-state index in [2.05, 4.69) is 17.4 Å². The highest BCUT2D eigenvalue weighted by Crippen LogP contribution is 2.04. The second-order valence-electron chi connectivity index (χ2n) is 4.87. The van der Waals surface area contributed by atoms with E-state index in [1.807, 2.05) is 39.0 Å². The molecular formula is C14H22N2O. The smallest absolute Gasteiger partial charge is 0.237 e. The van der Waals surface area contributed by atoms with E-state index in [1.54, 1.807) is 0 Å². The van der Waals surface area contributed by atoms with Crippen molar-refractivity contribution in [1.82, 2.24) is 5.32 Å². The highest BCUT2D eigenvalue weighted by atomic mass is 16.2. The minimum atomic E-state index is -0.423.